The Kier molecular flexibility index (Phi) is 3.82. The van der Waals surface area contributed by atoms with Crippen molar-refractivity contribution in [3.63, 3.8) is 0 Å². The number of esters is 1. The third-order valence-electron chi connectivity index (χ3n) is 4.48. The van der Waals surface area contributed by atoms with Gasteiger partial charge in [0.25, 0.3) is 0 Å². The first-order valence-electron chi connectivity index (χ1n) is 7.42. The van der Waals surface area contributed by atoms with Crippen LogP contribution in [0.25, 0.3) is 0 Å². The van der Waals surface area contributed by atoms with Crippen molar-refractivity contribution in [3.8, 4) is 0 Å². The van der Waals surface area contributed by atoms with Gasteiger partial charge in [-0.2, -0.15) is 0 Å². The summed E-state index contributed by atoms with van der Waals surface area (Å²) in [6, 6.07) is 0. The molecule has 1 fully saturated rings. The molecule has 0 aromatic carbocycles. The zero-order valence-corrected chi connectivity index (χ0v) is 12.9. The van der Waals surface area contributed by atoms with E-state index in [0.29, 0.717) is 6.61 Å². The summed E-state index contributed by atoms with van der Waals surface area (Å²) < 4.78 is 11.0. The van der Waals surface area contributed by atoms with E-state index in [2.05, 4.69) is 0 Å². The quantitative estimate of drug-likeness (QED) is 0.801. The summed E-state index contributed by atoms with van der Waals surface area (Å²) in [5.41, 5.74) is 0.751. The van der Waals surface area contributed by atoms with E-state index in [9.17, 15) is 4.79 Å². The molecule has 0 aliphatic heterocycles. The Morgan fingerprint density at radius 3 is 2.85 bits per heavy atom. The van der Waals surface area contributed by atoms with Gasteiger partial charge in [0.05, 0.1) is 12.3 Å². The highest BCUT2D eigenvalue weighted by Crippen LogP contribution is 2.47. The lowest BCUT2D eigenvalue weighted by molar-refractivity contribution is -0.145. The van der Waals surface area contributed by atoms with Gasteiger partial charge in [0, 0.05) is 12.0 Å². The molecule has 20 heavy (non-hydrogen) atoms. The van der Waals surface area contributed by atoms with Crippen LogP contribution in [-0.4, -0.2) is 24.7 Å². The second-order valence-corrected chi connectivity index (χ2v) is 6.66. The van der Waals surface area contributed by atoms with Crippen molar-refractivity contribution in [3.05, 3.63) is 15.6 Å². The van der Waals surface area contributed by atoms with Crippen LogP contribution < -0.4 is 0 Å². The number of fused-ring (bicyclic) bond motifs is 1. The van der Waals surface area contributed by atoms with Gasteiger partial charge in [0.15, 0.2) is 0 Å². The average molecular weight is 295 g/mol. The highest BCUT2D eigenvalue weighted by Gasteiger charge is 2.42. The molecule has 1 unspecified atom stereocenters. The zero-order valence-electron chi connectivity index (χ0n) is 12.1. The van der Waals surface area contributed by atoms with Crippen molar-refractivity contribution >= 4 is 17.3 Å². The summed E-state index contributed by atoms with van der Waals surface area (Å²) in [4.78, 5) is 18.0. The van der Waals surface area contributed by atoms with Crippen LogP contribution in [0, 0.1) is 0 Å². The van der Waals surface area contributed by atoms with Gasteiger partial charge in [-0.15, -0.1) is 11.3 Å². The molecule has 4 nitrogen and oxygen atoms in total. The highest BCUT2D eigenvalue weighted by atomic mass is 32.1. The molecular formula is C15H21NO3S. The number of methoxy groups -OCH3 is 1. The van der Waals surface area contributed by atoms with Gasteiger partial charge in [-0.05, 0) is 32.6 Å². The SMILES string of the molecule is CCOC(=O)C1CCc2sc(C3(OC)CCCC3)nc21. The maximum atomic E-state index is 12.0. The average Bonchev–Trinajstić information content (AvgIpc) is 3.13. The van der Waals surface area contributed by atoms with Crippen molar-refractivity contribution in [1.29, 1.82) is 0 Å². The van der Waals surface area contributed by atoms with Crippen LogP contribution in [0.4, 0.5) is 0 Å². The van der Waals surface area contributed by atoms with Crippen molar-refractivity contribution in [2.24, 2.45) is 0 Å². The van der Waals surface area contributed by atoms with E-state index in [-0.39, 0.29) is 17.5 Å². The monoisotopic (exact) mass is 295 g/mol. The predicted molar refractivity (Wildman–Crippen MR) is 77.0 cm³/mol. The molecule has 1 aromatic heterocycles. The fourth-order valence-corrected chi connectivity index (χ4v) is 4.71. The minimum Gasteiger partial charge on any atom is -0.465 e. The van der Waals surface area contributed by atoms with E-state index in [1.165, 1.54) is 17.7 Å². The lowest BCUT2D eigenvalue weighted by Crippen LogP contribution is -2.24. The first kappa shape index (κ1) is 14.0. The van der Waals surface area contributed by atoms with E-state index in [4.69, 9.17) is 14.5 Å². The van der Waals surface area contributed by atoms with E-state index in [0.717, 1.165) is 36.4 Å². The molecule has 0 radical (unpaired) electrons. The Bertz CT molecular complexity index is 505. The van der Waals surface area contributed by atoms with Gasteiger partial charge < -0.3 is 9.47 Å². The number of ether oxygens (including phenoxy) is 2. The number of carbonyl (C=O) groups is 1. The molecule has 1 saturated carbocycles. The summed E-state index contributed by atoms with van der Waals surface area (Å²) in [7, 11) is 1.78. The first-order valence-corrected chi connectivity index (χ1v) is 8.23. The van der Waals surface area contributed by atoms with Crippen LogP contribution in [0.1, 0.15) is 60.5 Å². The van der Waals surface area contributed by atoms with Gasteiger partial charge in [-0.1, -0.05) is 12.8 Å². The van der Waals surface area contributed by atoms with Crippen molar-refractivity contribution in [2.45, 2.75) is 57.0 Å². The molecule has 5 heteroatoms. The van der Waals surface area contributed by atoms with Crippen LogP contribution in [0.15, 0.2) is 0 Å². The Labute approximate surface area is 123 Å². The molecule has 0 N–H and O–H groups in total. The molecule has 0 saturated heterocycles. The summed E-state index contributed by atoms with van der Waals surface area (Å²) in [5, 5.41) is 1.07. The standard InChI is InChI=1S/C15H21NO3S/c1-3-19-13(17)10-6-7-11-12(10)16-14(20-11)15(18-2)8-4-5-9-15/h10H,3-9H2,1-2H3. The predicted octanol–water partition coefficient (Wildman–Crippen LogP) is 3.15. The minimum atomic E-state index is -0.200. The first-order chi connectivity index (χ1) is 9.70. The fourth-order valence-electron chi connectivity index (χ4n) is 3.35. The number of hydrogen-bond acceptors (Lipinski definition) is 5. The maximum absolute atomic E-state index is 12.0. The Morgan fingerprint density at radius 2 is 2.20 bits per heavy atom. The summed E-state index contributed by atoms with van der Waals surface area (Å²) in [5.74, 6) is -0.286. The summed E-state index contributed by atoms with van der Waals surface area (Å²) in [6.45, 7) is 2.28. The number of aryl methyl sites for hydroxylation is 1. The number of aromatic nitrogens is 1. The maximum Gasteiger partial charge on any atom is 0.315 e. The van der Waals surface area contributed by atoms with E-state index >= 15 is 0 Å². The summed E-state index contributed by atoms with van der Waals surface area (Å²) >= 11 is 1.74. The van der Waals surface area contributed by atoms with Gasteiger partial charge in [-0.3, -0.25) is 4.79 Å². The number of thiazole rings is 1. The van der Waals surface area contributed by atoms with Gasteiger partial charge in [-0.25, -0.2) is 4.98 Å². The highest BCUT2D eigenvalue weighted by molar-refractivity contribution is 7.12. The van der Waals surface area contributed by atoms with E-state index in [1.54, 1.807) is 18.4 Å². The van der Waals surface area contributed by atoms with E-state index < -0.39 is 0 Å². The van der Waals surface area contributed by atoms with Crippen LogP contribution in [0.5, 0.6) is 0 Å². The molecular weight excluding hydrogens is 274 g/mol. The van der Waals surface area contributed by atoms with E-state index in [1.807, 2.05) is 6.92 Å². The number of nitrogens with zero attached hydrogens (tertiary/aromatic N) is 1. The summed E-state index contributed by atoms with van der Waals surface area (Å²) in [6.07, 6.45) is 6.25. The Balaban J connectivity index is 1.88. The molecule has 1 aromatic rings. The van der Waals surface area contributed by atoms with Crippen LogP contribution in [-0.2, 0) is 26.3 Å². The Hall–Kier alpha value is -0.940. The van der Waals surface area contributed by atoms with Crippen LogP contribution in [0.2, 0.25) is 0 Å². The van der Waals surface area contributed by atoms with Gasteiger partial charge in [0.2, 0.25) is 0 Å². The number of carbonyl (C=O) groups excluding carboxylic acids is 1. The van der Waals surface area contributed by atoms with Gasteiger partial charge in [0.1, 0.15) is 16.5 Å². The molecule has 110 valence electrons. The molecule has 0 bridgehead atoms. The zero-order chi connectivity index (χ0) is 14.2. The molecule has 0 spiro atoms. The number of rotatable bonds is 4. The second-order valence-electron chi connectivity index (χ2n) is 5.58. The molecule has 1 atom stereocenters. The number of hydrogen-bond donors (Lipinski definition) is 0. The topological polar surface area (TPSA) is 48.4 Å². The third-order valence-corrected chi connectivity index (χ3v) is 5.80. The normalized spacial score (nSPS) is 23.8. The lowest BCUT2D eigenvalue weighted by atomic mass is 10.0. The molecule has 2 aliphatic carbocycles. The Morgan fingerprint density at radius 1 is 1.45 bits per heavy atom. The molecule has 0 amide bonds. The van der Waals surface area contributed by atoms with Crippen LogP contribution >= 0.6 is 11.3 Å². The van der Waals surface area contributed by atoms with Crippen molar-refractivity contribution in [2.75, 3.05) is 13.7 Å². The second kappa shape index (κ2) is 5.45. The van der Waals surface area contributed by atoms with Crippen LogP contribution in [0.3, 0.4) is 0 Å². The lowest BCUT2D eigenvalue weighted by Gasteiger charge is -2.24. The smallest absolute Gasteiger partial charge is 0.315 e. The van der Waals surface area contributed by atoms with Gasteiger partial charge >= 0.3 is 5.97 Å². The largest absolute Gasteiger partial charge is 0.465 e. The minimum absolute atomic E-state index is 0.124. The molecule has 3 rings (SSSR count). The fraction of sp³-hybridized carbons (Fsp3) is 0.733. The molecule has 1 heterocycles. The third kappa shape index (κ3) is 2.17. The van der Waals surface area contributed by atoms with Crippen molar-refractivity contribution < 1.29 is 14.3 Å². The molecule has 2 aliphatic rings. The van der Waals surface area contributed by atoms with Crippen molar-refractivity contribution in [1.82, 2.24) is 4.98 Å².